The van der Waals surface area contributed by atoms with Gasteiger partial charge in [0.05, 0.1) is 6.17 Å². The van der Waals surface area contributed by atoms with Crippen molar-refractivity contribution < 1.29 is 0 Å². The lowest BCUT2D eigenvalue weighted by Gasteiger charge is -2.22. The zero-order chi connectivity index (χ0) is 10.7. The van der Waals surface area contributed by atoms with Crippen LogP contribution in [0, 0.1) is 0 Å². The third-order valence-corrected chi connectivity index (χ3v) is 3.20. The van der Waals surface area contributed by atoms with E-state index in [4.69, 9.17) is 5.73 Å². The summed E-state index contributed by atoms with van der Waals surface area (Å²) in [5.41, 5.74) is 18.7. The Bertz CT molecular complexity index is 326. The number of halogens is 1. The molecule has 0 spiro atoms. The lowest BCUT2D eigenvalue weighted by Crippen LogP contribution is -2.42. The summed E-state index contributed by atoms with van der Waals surface area (Å²) in [5, 5.41) is 0. The average molecular weight is 272 g/mol. The average Bonchev–Trinajstić information content (AvgIpc) is 2.75. The van der Waals surface area contributed by atoms with Crippen molar-refractivity contribution in [1.29, 1.82) is 0 Å². The van der Waals surface area contributed by atoms with Gasteiger partial charge in [0.15, 0.2) is 0 Å². The molecule has 2 rings (SSSR count). The Morgan fingerprint density at radius 1 is 1.27 bits per heavy atom. The molecule has 6 N–H and O–H groups in total. The summed E-state index contributed by atoms with van der Waals surface area (Å²) in [6, 6.07) is 8.10. The number of nitrogens with one attached hydrogen (secondary N) is 4. The fourth-order valence-corrected chi connectivity index (χ4v) is 2.26. The minimum atomic E-state index is 0.0775. The maximum absolute atomic E-state index is 5.80. The summed E-state index contributed by atoms with van der Waals surface area (Å²) in [4.78, 5) is 0. The standard InChI is InChI=1S/C9H14BrN5/c10-8-4-2-1-3-6(8)7(5-11)9-12-14-15-13-9/h1-4,7,9,12-15H,5,11H2. The summed E-state index contributed by atoms with van der Waals surface area (Å²) in [7, 11) is 0. The molecule has 6 heteroatoms. The van der Waals surface area contributed by atoms with Crippen molar-refractivity contribution >= 4 is 15.9 Å². The van der Waals surface area contributed by atoms with Gasteiger partial charge in [0, 0.05) is 16.9 Å². The van der Waals surface area contributed by atoms with Gasteiger partial charge in [-0.2, -0.15) is 11.1 Å². The first-order chi connectivity index (χ1) is 7.33. The molecule has 0 amide bonds. The molecule has 82 valence electrons. The molecule has 0 radical (unpaired) electrons. The third kappa shape index (κ3) is 2.36. The van der Waals surface area contributed by atoms with E-state index < -0.39 is 0 Å². The Morgan fingerprint density at radius 2 is 1.93 bits per heavy atom. The van der Waals surface area contributed by atoms with Gasteiger partial charge < -0.3 is 5.73 Å². The number of hydrogen-bond acceptors (Lipinski definition) is 5. The van der Waals surface area contributed by atoms with E-state index in [0.717, 1.165) is 4.47 Å². The number of benzene rings is 1. The molecule has 0 bridgehead atoms. The van der Waals surface area contributed by atoms with E-state index in [1.807, 2.05) is 18.2 Å². The van der Waals surface area contributed by atoms with Gasteiger partial charge >= 0.3 is 0 Å². The predicted molar refractivity (Wildman–Crippen MR) is 62.3 cm³/mol. The highest BCUT2D eigenvalue weighted by molar-refractivity contribution is 9.10. The predicted octanol–water partition coefficient (Wildman–Crippen LogP) is -0.0655. The summed E-state index contributed by atoms with van der Waals surface area (Å²) in [6.45, 7) is 0.566. The minimum Gasteiger partial charge on any atom is -0.330 e. The van der Waals surface area contributed by atoms with E-state index in [-0.39, 0.29) is 12.1 Å². The number of nitrogens with two attached hydrogens (primary N) is 1. The van der Waals surface area contributed by atoms with Crippen molar-refractivity contribution in [2.24, 2.45) is 5.73 Å². The molecular formula is C9H14BrN5. The molecule has 1 fully saturated rings. The van der Waals surface area contributed by atoms with Gasteiger partial charge in [0.1, 0.15) is 0 Å². The Balaban J connectivity index is 2.22. The van der Waals surface area contributed by atoms with Crippen molar-refractivity contribution in [2.45, 2.75) is 12.1 Å². The van der Waals surface area contributed by atoms with Gasteiger partial charge in [-0.3, -0.25) is 0 Å². The molecule has 15 heavy (non-hydrogen) atoms. The fraction of sp³-hybridized carbons (Fsp3) is 0.333. The minimum absolute atomic E-state index is 0.0775. The highest BCUT2D eigenvalue weighted by Gasteiger charge is 2.25. The maximum Gasteiger partial charge on any atom is 0.0939 e. The van der Waals surface area contributed by atoms with Gasteiger partial charge in [-0.25, -0.2) is 10.9 Å². The van der Waals surface area contributed by atoms with Gasteiger partial charge in [0.25, 0.3) is 0 Å². The second-order valence-corrected chi connectivity index (χ2v) is 4.23. The topological polar surface area (TPSA) is 74.1 Å². The molecule has 1 aromatic carbocycles. The lowest BCUT2D eigenvalue weighted by molar-refractivity contribution is 0.435. The monoisotopic (exact) mass is 271 g/mol. The molecule has 1 aliphatic rings. The van der Waals surface area contributed by atoms with Crippen molar-refractivity contribution in [1.82, 2.24) is 21.9 Å². The van der Waals surface area contributed by atoms with Crippen LogP contribution < -0.4 is 27.7 Å². The first kappa shape index (κ1) is 11.0. The van der Waals surface area contributed by atoms with Crippen LogP contribution >= 0.6 is 15.9 Å². The van der Waals surface area contributed by atoms with Crippen molar-refractivity contribution in [3.8, 4) is 0 Å². The zero-order valence-electron chi connectivity index (χ0n) is 8.13. The van der Waals surface area contributed by atoms with E-state index >= 15 is 0 Å². The van der Waals surface area contributed by atoms with E-state index in [1.54, 1.807) is 0 Å². The van der Waals surface area contributed by atoms with Crippen LogP contribution in [0.3, 0.4) is 0 Å². The summed E-state index contributed by atoms with van der Waals surface area (Å²) in [5.74, 6) is 0.197. The van der Waals surface area contributed by atoms with Crippen LogP contribution in [0.2, 0.25) is 0 Å². The molecule has 1 unspecified atom stereocenters. The van der Waals surface area contributed by atoms with E-state index in [1.165, 1.54) is 5.56 Å². The Hall–Kier alpha value is -0.500. The molecule has 0 aliphatic carbocycles. The number of rotatable bonds is 3. The Morgan fingerprint density at radius 3 is 2.53 bits per heavy atom. The van der Waals surface area contributed by atoms with Crippen LogP contribution in [-0.4, -0.2) is 12.7 Å². The highest BCUT2D eigenvalue weighted by Crippen LogP contribution is 2.25. The van der Waals surface area contributed by atoms with E-state index in [0.29, 0.717) is 6.54 Å². The van der Waals surface area contributed by atoms with Crippen LogP contribution in [0.15, 0.2) is 28.7 Å². The zero-order valence-corrected chi connectivity index (χ0v) is 9.71. The van der Waals surface area contributed by atoms with Crippen LogP contribution in [-0.2, 0) is 0 Å². The van der Waals surface area contributed by atoms with Crippen LogP contribution in [0.5, 0.6) is 0 Å². The molecule has 5 nitrogen and oxygen atoms in total. The van der Waals surface area contributed by atoms with Gasteiger partial charge in [0.2, 0.25) is 0 Å². The van der Waals surface area contributed by atoms with Crippen LogP contribution in [0.1, 0.15) is 11.5 Å². The van der Waals surface area contributed by atoms with Crippen molar-refractivity contribution in [2.75, 3.05) is 6.54 Å². The molecular weight excluding hydrogens is 258 g/mol. The van der Waals surface area contributed by atoms with Gasteiger partial charge in [-0.1, -0.05) is 34.1 Å². The van der Waals surface area contributed by atoms with Crippen molar-refractivity contribution in [3.63, 3.8) is 0 Å². The first-order valence-electron chi connectivity index (χ1n) is 4.78. The highest BCUT2D eigenvalue weighted by atomic mass is 79.9. The maximum atomic E-state index is 5.80. The van der Waals surface area contributed by atoms with E-state index in [2.05, 4.69) is 43.9 Å². The van der Waals surface area contributed by atoms with Gasteiger partial charge in [-0.05, 0) is 11.6 Å². The SMILES string of the molecule is NCC(c1ccccc1Br)C1NNNN1. The van der Waals surface area contributed by atoms with E-state index in [9.17, 15) is 0 Å². The molecule has 1 saturated heterocycles. The largest absolute Gasteiger partial charge is 0.330 e. The second kappa shape index (κ2) is 5.02. The summed E-state index contributed by atoms with van der Waals surface area (Å²) < 4.78 is 1.08. The molecule has 1 aliphatic heterocycles. The Kier molecular flexibility index (Phi) is 3.68. The first-order valence-corrected chi connectivity index (χ1v) is 5.58. The Labute approximate surface area is 96.8 Å². The molecule has 1 aromatic rings. The molecule has 1 heterocycles. The second-order valence-electron chi connectivity index (χ2n) is 3.38. The summed E-state index contributed by atoms with van der Waals surface area (Å²) >= 11 is 3.53. The molecule has 1 atom stereocenters. The fourth-order valence-electron chi connectivity index (χ4n) is 1.68. The number of hydrazine groups is 3. The normalized spacial score (nSPS) is 19.3. The quantitative estimate of drug-likeness (QED) is 0.533. The molecule has 0 saturated carbocycles. The lowest BCUT2D eigenvalue weighted by atomic mass is 9.96. The van der Waals surface area contributed by atoms with Crippen LogP contribution in [0.4, 0.5) is 0 Å². The van der Waals surface area contributed by atoms with Crippen LogP contribution in [0.25, 0.3) is 0 Å². The summed E-state index contributed by atoms with van der Waals surface area (Å²) in [6.07, 6.45) is 0.0775. The third-order valence-electron chi connectivity index (χ3n) is 2.48. The molecule has 0 aromatic heterocycles. The number of hydrogen-bond donors (Lipinski definition) is 5. The smallest absolute Gasteiger partial charge is 0.0939 e. The van der Waals surface area contributed by atoms with Gasteiger partial charge in [-0.15, -0.1) is 0 Å². The van der Waals surface area contributed by atoms with Crippen molar-refractivity contribution in [3.05, 3.63) is 34.3 Å².